The summed E-state index contributed by atoms with van der Waals surface area (Å²) in [6, 6.07) is 33.5. The van der Waals surface area contributed by atoms with Crippen molar-refractivity contribution in [3.8, 4) is 0 Å². The molecule has 0 unspecified atom stereocenters. The van der Waals surface area contributed by atoms with E-state index in [1.54, 1.807) is 0 Å². The van der Waals surface area contributed by atoms with Gasteiger partial charge in [0.15, 0.2) is 8.07 Å². The fourth-order valence-corrected chi connectivity index (χ4v) is 7.76. The van der Waals surface area contributed by atoms with Gasteiger partial charge < -0.3 is 0 Å². The van der Waals surface area contributed by atoms with Crippen LogP contribution in [0.1, 0.15) is 0 Å². The van der Waals surface area contributed by atoms with Crippen LogP contribution in [0.25, 0.3) is 0 Å². The first-order valence-corrected chi connectivity index (χ1v) is 12.5. The number of rotatable bonds is 8. The topological polar surface area (TPSA) is 111 Å². The van der Waals surface area contributed by atoms with Crippen molar-refractivity contribution in [1.29, 1.82) is 0 Å². The number of hydrogen-bond acceptors (Lipinski definition) is 6. The van der Waals surface area contributed by atoms with E-state index in [-0.39, 0.29) is 11.4 Å². The second-order valence-electron chi connectivity index (χ2n) is 7.49. The van der Waals surface area contributed by atoms with Crippen molar-refractivity contribution >= 4 is 46.5 Å². The Morgan fingerprint density at radius 3 is 1.56 bits per heavy atom. The lowest BCUT2D eigenvalue weighted by molar-refractivity contribution is -0.393. The molecule has 1 N–H and O–H groups in total. The molecule has 4 rings (SSSR count). The predicted octanol–water partition coefficient (Wildman–Crippen LogP) is 3.61. The van der Waals surface area contributed by atoms with Crippen LogP contribution in [0.3, 0.4) is 0 Å². The predicted molar refractivity (Wildman–Crippen MR) is 136 cm³/mol. The third kappa shape index (κ3) is 4.45. The molecular formula is C25H20N4O4Si. The van der Waals surface area contributed by atoms with Crippen molar-refractivity contribution in [3.05, 3.63) is 129 Å². The Morgan fingerprint density at radius 1 is 0.676 bits per heavy atom. The van der Waals surface area contributed by atoms with Gasteiger partial charge in [-0.25, -0.2) is 0 Å². The fourth-order valence-electron chi connectivity index (χ4n) is 3.90. The Kier molecular flexibility index (Phi) is 6.56. The number of non-ortho nitro benzene ring substituents is 1. The quantitative estimate of drug-likeness (QED) is 0.140. The van der Waals surface area contributed by atoms with Crippen LogP contribution in [0.2, 0.25) is 0 Å². The van der Waals surface area contributed by atoms with Gasteiger partial charge >= 0.3 is 5.69 Å². The van der Waals surface area contributed by atoms with Crippen molar-refractivity contribution in [2.24, 2.45) is 5.10 Å². The minimum absolute atomic E-state index is 0.0731. The molecule has 0 atom stereocenters. The number of hydrogen-bond donors (Lipinski definition) is 1. The van der Waals surface area contributed by atoms with Crippen LogP contribution in [-0.2, 0) is 0 Å². The fraction of sp³-hybridized carbons (Fsp3) is 0. The maximum Gasteiger partial charge on any atom is 0.301 e. The summed E-state index contributed by atoms with van der Waals surface area (Å²) in [7, 11) is -2.78. The molecule has 168 valence electrons. The summed E-state index contributed by atoms with van der Waals surface area (Å²) in [5.74, 6) is 1.85. The normalized spacial score (nSPS) is 11.3. The highest BCUT2D eigenvalue weighted by atomic mass is 28.3. The van der Waals surface area contributed by atoms with E-state index in [9.17, 15) is 20.2 Å². The highest BCUT2D eigenvalue weighted by Crippen LogP contribution is 2.28. The monoisotopic (exact) mass is 468 g/mol. The first kappa shape index (κ1) is 22.6. The molecule has 0 saturated carbocycles. The number of nitrogens with one attached hydrogen (secondary N) is 1. The second kappa shape index (κ2) is 9.88. The van der Waals surface area contributed by atoms with E-state index in [1.807, 2.05) is 60.4 Å². The Labute approximate surface area is 196 Å². The maximum atomic E-state index is 11.5. The zero-order chi connectivity index (χ0) is 24.0. The molecule has 0 spiro atoms. The molecule has 0 radical (unpaired) electrons. The van der Waals surface area contributed by atoms with Crippen LogP contribution in [0, 0.1) is 20.2 Å². The summed E-state index contributed by atoms with van der Waals surface area (Å²) in [6.45, 7) is 0. The van der Waals surface area contributed by atoms with Gasteiger partial charge in [-0.2, -0.15) is 5.10 Å². The van der Waals surface area contributed by atoms with Gasteiger partial charge in [0.05, 0.1) is 15.9 Å². The van der Waals surface area contributed by atoms with Gasteiger partial charge in [0.25, 0.3) is 5.69 Å². The molecule has 0 aliphatic heterocycles. The molecule has 34 heavy (non-hydrogen) atoms. The highest BCUT2D eigenvalue weighted by Gasteiger charge is 2.38. The molecule has 9 heteroatoms. The summed E-state index contributed by atoms with van der Waals surface area (Å²) in [5.41, 5.74) is 2.06. The molecule has 0 amide bonds. The van der Waals surface area contributed by atoms with Gasteiger partial charge in [-0.3, -0.25) is 25.7 Å². The van der Waals surface area contributed by atoms with E-state index in [0.29, 0.717) is 0 Å². The molecule has 0 aliphatic rings. The van der Waals surface area contributed by atoms with E-state index < -0.39 is 23.6 Å². The molecule has 0 aliphatic carbocycles. The van der Waals surface area contributed by atoms with Crippen LogP contribution >= 0.6 is 0 Å². The van der Waals surface area contributed by atoms with Crippen LogP contribution in [0.15, 0.2) is 114 Å². The van der Waals surface area contributed by atoms with E-state index in [1.165, 1.54) is 12.1 Å². The first-order valence-electron chi connectivity index (χ1n) is 10.4. The summed E-state index contributed by atoms with van der Waals surface area (Å²) in [5, 5.41) is 30.3. The second-order valence-corrected chi connectivity index (χ2v) is 11.1. The van der Waals surface area contributed by atoms with Gasteiger partial charge in [0, 0.05) is 11.9 Å². The average molecular weight is 469 g/mol. The molecule has 4 aromatic rings. The van der Waals surface area contributed by atoms with E-state index >= 15 is 0 Å². The lowest BCUT2D eigenvalue weighted by atomic mass is 10.2. The lowest BCUT2D eigenvalue weighted by Gasteiger charge is -2.29. The molecule has 0 fully saturated rings. The summed E-state index contributed by atoms with van der Waals surface area (Å²) < 4.78 is 0. The van der Waals surface area contributed by atoms with Crippen LogP contribution in [0.5, 0.6) is 0 Å². The van der Waals surface area contributed by atoms with E-state index in [4.69, 9.17) is 0 Å². The van der Waals surface area contributed by atoms with Crippen molar-refractivity contribution in [2.75, 3.05) is 5.43 Å². The highest BCUT2D eigenvalue weighted by molar-refractivity contribution is 7.27. The van der Waals surface area contributed by atoms with E-state index in [0.717, 1.165) is 21.6 Å². The maximum absolute atomic E-state index is 11.5. The van der Waals surface area contributed by atoms with Gasteiger partial charge in [0.2, 0.25) is 0 Å². The standard InChI is InChI=1S/C25H20N4O4Si/c30-28(31)20-16-17-24(25(18-20)29(32)33)27-26-19-34(21-10-4-1-5-11-21,22-12-6-2-7-13-22)23-14-8-3-9-15-23/h1-19,27H/b26-19-. The average Bonchev–Trinajstić information content (AvgIpc) is 2.88. The molecule has 0 bridgehead atoms. The minimum atomic E-state index is -2.78. The van der Waals surface area contributed by atoms with Gasteiger partial charge in [0.1, 0.15) is 5.69 Å². The van der Waals surface area contributed by atoms with Gasteiger partial charge in [-0.1, -0.05) is 91.0 Å². The number of nitro benzene ring substituents is 2. The third-order valence-electron chi connectivity index (χ3n) is 5.52. The SMILES string of the molecule is O=[N+]([O-])c1ccc(N/N=C\[Si](c2ccccc2)(c2ccccc2)c2ccccc2)c([N+](=O)[O-])c1. The van der Waals surface area contributed by atoms with Crippen LogP contribution < -0.4 is 21.0 Å². The smallest absolute Gasteiger partial charge is 0.272 e. The van der Waals surface area contributed by atoms with Crippen LogP contribution in [0.4, 0.5) is 17.1 Å². The summed E-state index contributed by atoms with van der Waals surface area (Å²) >= 11 is 0. The zero-order valence-electron chi connectivity index (χ0n) is 17.9. The van der Waals surface area contributed by atoms with Gasteiger partial charge in [-0.15, -0.1) is 0 Å². The molecule has 0 aromatic heterocycles. The molecule has 8 nitrogen and oxygen atoms in total. The number of anilines is 1. The Balaban J connectivity index is 1.85. The van der Waals surface area contributed by atoms with E-state index in [2.05, 4.69) is 46.9 Å². The molecular weight excluding hydrogens is 448 g/mol. The molecule has 4 aromatic carbocycles. The summed E-state index contributed by atoms with van der Waals surface area (Å²) in [6.07, 6.45) is 0. The Hall–Kier alpha value is -4.63. The van der Waals surface area contributed by atoms with Crippen LogP contribution in [-0.4, -0.2) is 23.8 Å². The molecule has 0 saturated heterocycles. The zero-order valence-corrected chi connectivity index (χ0v) is 18.9. The van der Waals surface area contributed by atoms with Crippen molar-refractivity contribution in [2.45, 2.75) is 0 Å². The van der Waals surface area contributed by atoms with Crippen molar-refractivity contribution < 1.29 is 9.85 Å². The largest absolute Gasteiger partial charge is 0.301 e. The lowest BCUT2D eigenvalue weighted by Crippen LogP contribution is -2.69. The van der Waals surface area contributed by atoms with Crippen molar-refractivity contribution in [3.63, 3.8) is 0 Å². The first-order chi connectivity index (χ1) is 16.5. The number of nitro groups is 2. The summed E-state index contributed by atoms with van der Waals surface area (Å²) in [4.78, 5) is 21.2. The number of hydrazone groups is 1. The minimum Gasteiger partial charge on any atom is -0.272 e. The van der Waals surface area contributed by atoms with Crippen molar-refractivity contribution in [1.82, 2.24) is 0 Å². The molecule has 0 heterocycles. The Bertz CT molecular complexity index is 1240. The van der Waals surface area contributed by atoms with Gasteiger partial charge in [-0.05, 0) is 21.6 Å². The number of benzene rings is 4. The Morgan fingerprint density at radius 2 is 1.15 bits per heavy atom. The third-order valence-corrected chi connectivity index (χ3v) is 9.77. The number of nitrogens with zero attached hydrogens (tertiary/aromatic N) is 3.